The number of carbonyl (C=O) groups is 2. The van der Waals surface area contributed by atoms with E-state index in [0.717, 1.165) is 28.7 Å². The second kappa shape index (κ2) is 9.35. The summed E-state index contributed by atoms with van der Waals surface area (Å²) in [5.41, 5.74) is 9.28. The number of carbonyl (C=O) groups excluding carboxylic acids is 2. The van der Waals surface area contributed by atoms with Crippen molar-refractivity contribution in [3.8, 4) is 11.1 Å². The van der Waals surface area contributed by atoms with Crippen molar-refractivity contribution in [3.05, 3.63) is 90.3 Å². The number of benzene rings is 2. The van der Waals surface area contributed by atoms with Gasteiger partial charge in [0.1, 0.15) is 0 Å². The van der Waals surface area contributed by atoms with Gasteiger partial charge in [0, 0.05) is 31.0 Å². The lowest BCUT2D eigenvalue weighted by Gasteiger charge is -2.42. The molecule has 1 aliphatic rings. The fourth-order valence-corrected chi connectivity index (χ4v) is 4.75. The standard InChI is InChI=1S/C27H29N3O2/c1-20(21-9-3-2-4-10-21)25(31)30-16-8-14-27(19-30,26(28)32)17-22-11-5-6-13-24(22)23-12-7-15-29-18-23/h2-7,9-13,15,18,20H,8,14,16-17,19H2,1H3,(H2,28,32)/t20-,27+/m1/s1. The Morgan fingerprint density at radius 3 is 2.53 bits per heavy atom. The molecule has 0 unspecified atom stereocenters. The number of rotatable bonds is 6. The first-order valence-corrected chi connectivity index (χ1v) is 11.1. The average Bonchev–Trinajstić information content (AvgIpc) is 2.84. The highest BCUT2D eigenvalue weighted by Gasteiger charge is 2.43. The summed E-state index contributed by atoms with van der Waals surface area (Å²) >= 11 is 0. The number of hydrogen-bond donors (Lipinski definition) is 1. The molecule has 0 saturated carbocycles. The Hall–Kier alpha value is -3.47. The van der Waals surface area contributed by atoms with Crippen molar-refractivity contribution in [2.75, 3.05) is 13.1 Å². The van der Waals surface area contributed by atoms with E-state index in [9.17, 15) is 9.59 Å². The van der Waals surface area contributed by atoms with Crippen molar-refractivity contribution in [2.24, 2.45) is 11.1 Å². The quantitative estimate of drug-likeness (QED) is 0.641. The van der Waals surface area contributed by atoms with Gasteiger partial charge in [-0.25, -0.2) is 0 Å². The summed E-state index contributed by atoms with van der Waals surface area (Å²) in [6.45, 7) is 2.92. The molecule has 4 rings (SSSR count). The van der Waals surface area contributed by atoms with Crippen molar-refractivity contribution >= 4 is 11.8 Å². The summed E-state index contributed by atoms with van der Waals surface area (Å²) in [5, 5.41) is 0. The summed E-state index contributed by atoms with van der Waals surface area (Å²) in [6.07, 6.45) is 5.50. The minimum Gasteiger partial charge on any atom is -0.369 e. The van der Waals surface area contributed by atoms with Crippen molar-refractivity contribution < 1.29 is 9.59 Å². The molecule has 1 saturated heterocycles. The van der Waals surface area contributed by atoms with Crippen LogP contribution < -0.4 is 5.73 Å². The molecule has 1 aromatic heterocycles. The Bertz CT molecular complexity index is 1080. The van der Waals surface area contributed by atoms with Gasteiger partial charge in [-0.3, -0.25) is 14.6 Å². The van der Waals surface area contributed by atoms with E-state index in [4.69, 9.17) is 5.73 Å². The summed E-state index contributed by atoms with van der Waals surface area (Å²) in [5.74, 6) is -0.562. The molecule has 0 bridgehead atoms. The number of pyridine rings is 1. The topological polar surface area (TPSA) is 76.3 Å². The monoisotopic (exact) mass is 427 g/mol. The number of nitrogens with two attached hydrogens (primary N) is 1. The minimum atomic E-state index is -0.789. The van der Waals surface area contributed by atoms with E-state index in [1.165, 1.54) is 0 Å². The van der Waals surface area contributed by atoms with Gasteiger partial charge in [0.05, 0.1) is 11.3 Å². The van der Waals surface area contributed by atoms with Gasteiger partial charge in [-0.05, 0) is 48.9 Å². The summed E-state index contributed by atoms with van der Waals surface area (Å²) < 4.78 is 0. The lowest BCUT2D eigenvalue weighted by molar-refractivity contribution is -0.140. The maximum atomic E-state index is 13.3. The number of hydrogen-bond acceptors (Lipinski definition) is 3. The van der Waals surface area contributed by atoms with Gasteiger partial charge in [-0.1, -0.05) is 60.7 Å². The van der Waals surface area contributed by atoms with Gasteiger partial charge in [-0.2, -0.15) is 0 Å². The zero-order chi connectivity index (χ0) is 22.6. The Morgan fingerprint density at radius 2 is 1.81 bits per heavy atom. The molecule has 2 N–H and O–H groups in total. The van der Waals surface area contributed by atoms with E-state index >= 15 is 0 Å². The summed E-state index contributed by atoms with van der Waals surface area (Å²) in [7, 11) is 0. The Labute approximate surface area is 189 Å². The van der Waals surface area contributed by atoms with Crippen LogP contribution in [-0.2, 0) is 16.0 Å². The molecular weight excluding hydrogens is 398 g/mol. The van der Waals surface area contributed by atoms with E-state index in [2.05, 4.69) is 4.98 Å². The molecule has 2 atom stereocenters. The molecule has 0 aliphatic carbocycles. The fourth-order valence-electron chi connectivity index (χ4n) is 4.75. The molecule has 5 nitrogen and oxygen atoms in total. The third kappa shape index (κ3) is 4.42. The van der Waals surface area contributed by atoms with E-state index < -0.39 is 5.41 Å². The number of primary amides is 1. The van der Waals surface area contributed by atoms with E-state index in [0.29, 0.717) is 25.9 Å². The normalized spacial score (nSPS) is 19.3. The highest BCUT2D eigenvalue weighted by atomic mass is 16.2. The third-order valence-electron chi connectivity index (χ3n) is 6.60. The number of likely N-dealkylation sites (tertiary alicyclic amines) is 1. The number of aromatic nitrogens is 1. The molecule has 3 aromatic rings. The molecule has 0 spiro atoms. The lowest BCUT2D eigenvalue weighted by Crippen LogP contribution is -2.54. The van der Waals surface area contributed by atoms with Crippen molar-refractivity contribution in [1.82, 2.24) is 9.88 Å². The molecule has 1 aliphatic heterocycles. The molecule has 0 radical (unpaired) electrons. The average molecular weight is 428 g/mol. The second-order valence-corrected chi connectivity index (χ2v) is 8.72. The van der Waals surface area contributed by atoms with Crippen LogP contribution in [0.2, 0.25) is 0 Å². The van der Waals surface area contributed by atoms with Crippen molar-refractivity contribution in [1.29, 1.82) is 0 Å². The van der Waals surface area contributed by atoms with Gasteiger partial charge in [0.2, 0.25) is 11.8 Å². The fraction of sp³-hybridized carbons (Fsp3) is 0.296. The Balaban J connectivity index is 1.61. The summed E-state index contributed by atoms with van der Waals surface area (Å²) in [4.78, 5) is 32.2. The van der Waals surface area contributed by atoms with Crippen LogP contribution in [0.3, 0.4) is 0 Å². The first-order chi connectivity index (χ1) is 15.5. The Kier molecular flexibility index (Phi) is 6.35. The van der Waals surface area contributed by atoms with E-state index in [-0.39, 0.29) is 17.7 Å². The van der Waals surface area contributed by atoms with Gasteiger partial charge in [0.15, 0.2) is 0 Å². The molecule has 2 aromatic carbocycles. The molecule has 2 amide bonds. The SMILES string of the molecule is C[C@@H](C(=O)N1CCC[C@@](Cc2ccccc2-c2cccnc2)(C(N)=O)C1)c1ccccc1. The molecule has 2 heterocycles. The zero-order valence-electron chi connectivity index (χ0n) is 18.4. The first kappa shape index (κ1) is 21.8. The maximum absolute atomic E-state index is 13.3. The Morgan fingerprint density at radius 1 is 1.06 bits per heavy atom. The minimum absolute atomic E-state index is 0.0436. The van der Waals surface area contributed by atoms with Crippen LogP contribution in [-0.4, -0.2) is 34.8 Å². The van der Waals surface area contributed by atoms with Crippen LogP contribution in [0.15, 0.2) is 79.1 Å². The lowest BCUT2D eigenvalue weighted by atomic mass is 9.73. The first-order valence-electron chi connectivity index (χ1n) is 11.1. The smallest absolute Gasteiger partial charge is 0.229 e. The van der Waals surface area contributed by atoms with Crippen LogP contribution in [0, 0.1) is 5.41 Å². The van der Waals surface area contributed by atoms with Crippen LogP contribution in [0.4, 0.5) is 0 Å². The molecule has 164 valence electrons. The zero-order valence-corrected chi connectivity index (χ0v) is 18.4. The highest BCUT2D eigenvalue weighted by molar-refractivity contribution is 5.86. The van der Waals surface area contributed by atoms with Crippen molar-refractivity contribution in [3.63, 3.8) is 0 Å². The summed E-state index contributed by atoms with van der Waals surface area (Å²) in [6, 6.07) is 21.7. The highest BCUT2D eigenvalue weighted by Crippen LogP contribution is 2.37. The maximum Gasteiger partial charge on any atom is 0.229 e. The largest absolute Gasteiger partial charge is 0.369 e. The number of nitrogens with zero attached hydrogens (tertiary/aromatic N) is 2. The number of piperidine rings is 1. The van der Waals surface area contributed by atoms with E-state index in [1.54, 1.807) is 6.20 Å². The molecule has 1 fully saturated rings. The van der Waals surface area contributed by atoms with Gasteiger partial charge < -0.3 is 10.6 Å². The third-order valence-corrected chi connectivity index (χ3v) is 6.60. The van der Waals surface area contributed by atoms with E-state index in [1.807, 2.05) is 84.8 Å². The molecule has 32 heavy (non-hydrogen) atoms. The predicted molar refractivity (Wildman–Crippen MR) is 126 cm³/mol. The molecular formula is C27H29N3O2. The van der Waals surface area contributed by atoms with Gasteiger partial charge in [-0.15, -0.1) is 0 Å². The van der Waals surface area contributed by atoms with Crippen LogP contribution in [0.25, 0.3) is 11.1 Å². The number of amides is 2. The molecule has 5 heteroatoms. The van der Waals surface area contributed by atoms with Crippen LogP contribution in [0.5, 0.6) is 0 Å². The van der Waals surface area contributed by atoms with Crippen molar-refractivity contribution in [2.45, 2.75) is 32.1 Å². The second-order valence-electron chi connectivity index (χ2n) is 8.72. The van der Waals surface area contributed by atoms with Gasteiger partial charge in [0.25, 0.3) is 0 Å². The van der Waals surface area contributed by atoms with Crippen LogP contribution >= 0.6 is 0 Å². The van der Waals surface area contributed by atoms with Crippen LogP contribution in [0.1, 0.15) is 36.8 Å². The van der Waals surface area contributed by atoms with Gasteiger partial charge >= 0.3 is 0 Å². The predicted octanol–water partition coefficient (Wildman–Crippen LogP) is 4.19.